The lowest BCUT2D eigenvalue weighted by Crippen LogP contribution is -2.33. The fraction of sp³-hybridized carbons (Fsp3) is 0.348. The lowest BCUT2D eigenvalue weighted by molar-refractivity contribution is 0.0769. The molecule has 142 valence electrons. The third-order valence-corrected chi connectivity index (χ3v) is 6.42. The Labute approximate surface area is 165 Å². The molecule has 0 radical (unpaired) electrons. The molecule has 1 amide bonds. The first-order chi connectivity index (χ1) is 13.6. The fourth-order valence-electron chi connectivity index (χ4n) is 5.15. The van der Waals surface area contributed by atoms with Crippen molar-refractivity contribution in [3.05, 3.63) is 71.5 Å². The largest absolute Gasteiger partial charge is 0.338 e. The molecular formula is C23H24N4O. The van der Waals surface area contributed by atoms with Gasteiger partial charge in [0.2, 0.25) is 0 Å². The van der Waals surface area contributed by atoms with Gasteiger partial charge >= 0.3 is 0 Å². The minimum atomic E-state index is 0.0756. The van der Waals surface area contributed by atoms with Gasteiger partial charge in [-0.05, 0) is 43.1 Å². The number of hydrogen-bond acceptors (Lipinski definition) is 4. The van der Waals surface area contributed by atoms with E-state index < -0.39 is 0 Å². The van der Waals surface area contributed by atoms with Gasteiger partial charge in [-0.2, -0.15) is 0 Å². The number of carbonyl (C=O) groups excluding carboxylic acids is 1. The van der Waals surface area contributed by atoms with E-state index >= 15 is 0 Å². The second kappa shape index (κ2) is 6.67. The van der Waals surface area contributed by atoms with Crippen molar-refractivity contribution in [1.82, 2.24) is 19.8 Å². The quantitative estimate of drug-likeness (QED) is 0.692. The Balaban J connectivity index is 1.44. The number of carbonyl (C=O) groups is 1. The summed E-state index contributed by atoms with van der Waals surface area (Å²) in [5, 5.41) is 0. The maximum Gasteiger partial charge on any atom is 0.256 e. The summed E-state index contributed by atoms with van der Waals surface area (Å²) in [5.41, 5.74) is 4.84. The number of nitrogens with zero attached hydrogens (tertiary/aromatic N) is 4. The second-order valence-electron chi connectivity index (χ2n) is 8.10. The molecule has 0 unspecified atom stereocenters. The molecule has 3 heterocycles. The van der Waals surface area contributed by atoms with Crippen molar-refractivity contribution < 1.29 is 4.79 Å². The molecule has 3 atom stereocenters. The van der Waals surface area contributed by atoms with Gasteiger partial charge in [0.15, 0.2) is 0 Å². The van der Waals surface area contributed by atoms with Crippen LogP contribution in [0, 0.1) is 18.8 Å². The number of hydrogen-bond donors (Lipinski definition) is 0. The SMILES string of the molecule is Cc1ccccc1[C@H]1[C@@H]2CN(C(=O)c3cccc4nccnc34)C[C@@H]2CN1C. The Morgan fingerprint density at radius 3 is 2.68 bits per heavy atom. The fourth-order valence-corrected chi connectivity index (χ4v) is 5.15. The van der Waals surface area contributed by atoms with Crippen molar-refractivity contribution in [2.75, 3.05) is 26.7 Å². The van der Waals surface area contributed by atoms with Crippen LogP contribution in [0.3, 0.4) is 0 Å². The molecule has 2 fully saturated rings. The molecule has 0 spiro atoms. The summed E-state index contributed by atoms with van der Waals surface area (Å²) in [7, 11) is 2.21. The number of aromatic nitrogens is 2. The highest BCUT2D eigenvalue weighted by molar-refractivity contribution is 6.04. The molecule has 28 heavy (non-hydrogen) atoms. The lowest BCUT2D eigenvalue weighted by Gasteiger charge is -2.28. The van der Waals surface area contributed by atoms with Gasteiger partial charge in [-0.1, -0.05) is 30.3 Å². The van der Waals surface area contributed by atoms with Crippen LogP contribution in [0.15, 0.2) is 54.9 Å². The van der Waals surface area contributed by atoms with Crippen molar-refractivity contribution in [2.24, 2.45) is 11.8 Å². The van der Waals surface area contributed by atoms with Gasteiger partial charge < -0.3 is 4.90 Å². The summed E-state index contributed by atoms with van der Waals surface area (Å²) >= 11 is 0. The van der Waals surface area contributed by atoms with Crippen LogP contribution in [0.1, 0.15) is 27.5 Å². The number of fused-ring (bicyclic) bond motifs is 2. The maximum absolute atomic E-state index is 13.3. The highest BCUT2D eigenvalue weighted by atomic mass is 16.2. The lowest BCUT2D eigenvalue weighted by atomic mass is 9.88. The normalized spacial score (nSPS) is 24.6. The molecule has 5 rings (SSSR count). The van der Waals surface area contributed by atoms with Gasteiger partial charge in [-0.25, -0.2) is 0 Å². The van der Waals surface area contributed by atoms with E-state index in [4.69, 9.17) is 0 Å². The van der Waals surface area contributed by atoms with Crippen molar-refractivity contribution in [3.8, 4) is 0 Å². The van der Waals surface area contributed by atoms with E-state index in [0.717, 1.165) is 25.2 Å². The molecule has 0 bridgehead atoms. The Bertz CT molecular complexity index is 1040. The van der Waals surface area contributed by atoms with Crippen LogP contribution in [-0.4, -0.2) is 52.4 Å². The Morgan fingerprint density at radius 2 is 1.82 bits per heavy atom. The van der Waals surface area contributed by atoms with Gasteiger partial charge in [-0.15, -0.1) is 0 Å². The van der Waals surface area contributed by atoms with E-state index in [-0.39, 0.29) is 5.91 Å². The predicted molar refractivity (Wildman–Crippen MR) is 109 cm³/mol. The minimum Gasteiger partial charge on any atom is -0.338 e. The van der Waals surface area contributed by atoms with Crippen LogP contribution in [-0.2, 0) is 0 Å². The van der Waals surface area contributed by atoms with E-state index in [1.54, 1.807) is 12.4 Å². The molecule has 2 aliphatic heterocycles. The first-order valence-electron chi connectivity index (χ1n) is 9.88. The van der Waals surface area contributed by atoms with E-state index in [2.05, 4.69) is 53.1 Å². The number of likely N-dealkylation sites (tertiary alicyclic amines) is 2. The van der Waals surface area contributed by atoms with Crippen molar-refractivity contribution in [3.63, 3.8) is 0 Å². The summed E-state index contributed by atoms with van der Waals surface area (Å²) in [4.78, 5) is 26.6. The highest BCUT2D eigenvalue weighted by Crippen LogP contribution is 2.45. The third kappa shape index (κ3) is 2.69. The number of aryl methyl sites for hydroxylation is 1. The van der Waals surface area contributed by atoms with Crippen LogP contribution in [0.5, 0.6) is 0 Å². The number of para-hydroxylation sites is 1. The molecule has 2 saturated heterocycles. The number of amides is 1. The summed E-state index contributed by atoms with van der Waals surface area (Å²) < 4.78 is 0. The van der Waals surface area contributed by atoms with E-state index in [1.165, 1.54) is 11.1 Å². The first kappa shape index (κ1) is 17.3. The summed E-state index contributed by atoms with van der Waals surface area (Å²) in [5.74, 6) is 1.06. The van der Waals surface area contributed by atoms with E-state index in [0.29, 0.717) is 29.0 Å². The first-order valence-corrected chi connectivity index (χ1v) is 9.88. The molecule has 0 aliphatic carbocycles. The van der Waals surface area contributed by atoms with E-state index in [9.17, 15) is 4.79 Å². The molecule has 0 saturated carbocycles. The van der Waals surface area contributed by atoms with E-state index in [1.807, 2.05) is 23.1 Å². The Kier molecular flexibility index (Phi) is 4.13. The standard InChI is InChI=1S/C23H24N4O/c1-15-6-3-4-7-17(15)22-19-14-27(13-16(19)12-26(22)2)23(28)18-8-5-9-20-21(18)25-11-10-24-20/h3-11,16,19,22H,12-14H2,1-2H3/t16-,19+,22-/m0/s1. The average molecular weight is 372 g/mol. The summed E-state index contributed by atoms with van der Waals surface area (Å²) in [6.07, 6.45) is 3.32. The maximum atomic E-state index is 13.3. The zero-order valence-corrected chi connectivity index (χ0v) is 16.2. The van der Waals surface area contributed by atoms with Crippen LogP contribution in [0.4, 0.5) is 0 Å². The zero-order chi connectivity index (χ0) is 19.3. The van der Waals surface area contributed by atoms with Crippen molar-refractivity contribution >= 4 is 16.9 Å². The highest BCUT2D eigenvalue weighted by Gasteiger charge is 2.47. The molecule has 5 heteroatoms. The molecule has 5 nitrogen and oxygen atoms in total. The van der Waals surface area contributed by atoms with Crippen LogP contribution in [0.25, 0.3) is 11.0 Å². The molecule has 1 aromatic heterocycles. The van der Waals surface area contributed by atoms with Crippen LogP contribution < -0.4 is 0 Å². The Hall–Kier alpha value is -2.79. The third-order valence-electron chi connectivity index (χ3n) is 6.42. The molecule has 3 aromatic rings. The van der Waals surface area contributed by atoms with Crippen LogP contribution >= 0.6 is 0 Å². The topological polar surface area (TPSA) is 49.3 Å². The van der Waals surface area contributed by atoms with Gasteiger partial charge in [0.25, 0.3) is 5.91 Å². The number of rotatable bonds is 2. The molecule has 2 aromatic carbocycles. The van der Waals surface area contributed by atoms with Gasteiger partial charge in [0.1, 0.15) is 5.52 Å². The van der Waals surface area contributed by atoms with Gasteiger partial charge in [0.05, 0.1) is 11.1 Å². The monoisotopic (exact) mass is 372 g/mol. The van der Waals surface area contributed by atoms with Crippen molar-refractivity contribution in [2.45, 2.75) is 13.0 Å². The predicted octanol–water partition coefficient (Wildman–Crippen LogP) is 3.31. The second-order valence-corrected chi connectivity index (χ2v) is 8.10. The molecule has 0 N–H and O–H groups in total. The minimum absolute atomic E-state index is 0.0756. The molecule has 2 aliphatic rings. The molecular weight excluding hydrogens is 348 g/mol. The van der Waals surface area contributed by atoms with Crippen LogP contribution in [0.2, 0.25) is 0 Å². The Morgan fingerprint density at radius 1 is 1.00 bits per heavy atom. The van der Waals surface area contributed by atoms with Crippen molar-refractivity contribution in [1.29, 1.82) is 0 Å². The van der Waals surface area contributed by atoms with Gasteiger partial charge in [0, 0.05) is 44.0 Å². The number of benzene rings is 2. The summed E-state index contributed by atoms with van der Waals surface area (Å²) in [6, 6.07) is 14.7. The smallest absolute Gasteiger partial charge is 0.256 e. The van der Waals surface area contributed by atoms with Gasteiger partial charge in [-0.3, -0.25) is 19.7 Å². The zero-order valence-electron chi connectivity index (χ0n) is 16.2. The summed E-state index contributed by atoms with van der Waals surface area (Å²) in [6.45, 7) is 4.82. The average Bonchev–Trinajstić information content (AvgIpc) is 3.24.